The monoisotopic (exact) mass is 227 g/mol. The van der Waals surface area contributed by atoms with Gasteiger partial charge in [-0.1, -0.05) is 18.7 Å². The largest absolute Gasteiger partial charge is 0.391 e. The van der Waals surface area contributed by atoms with Crippen LogP contribution in [0.1, 0.15) is 0 Å². The zero-order valence-corrected chi connectivity index (χ0v) is 9.06. The molecule has 0 aliphatic carbocycles. The first-order valence-corrected chi connectivity index (χ1v) is 5.68. The van der Waals surface area contributed by atoms with Gasteiger partial charge in [-0.05, 0) is 12.1 Å². The minimum absolute atomic E-state index is 0.182. The van der Waals surface area contributed by atoms with Crippen LogP contribution in [0.2, 0.25) is 0 Å². The molecule has 0 unspecified atom stereocenters. The van der Waals surface area contributed by atoms with Gasteiger partial charge in [-0.25, -0.2) is 0 Å². The number of aromatic nitrogens is 1. The zero-order chi connectivity index (χ0) is 11.6. The molecule has 1 heterocycles. The first-order valence-electron chi connectivity index (χ1n) is 4.10. The van der Waals surface area contributed by atoms with E-state index in [0.29, 0.717) is 0 Å². The van der Waals surface area contributed by atoms with Crippen LogP contribution in [0.4, 0.5) is 0 Å². The third-order valence-corrected chi connectivity index (χ3v) is 2.18. The average molecular weight is 227 g/mol. The van der Waals surface area contributed by atoms with Gasteiger partial charge in [0.25, 0.3) is 0 Å². The van der Waals surface area contributed by atoms with Crippen LogP contribution in [0, 0.1) is 0 Å². The van der Waals surface area contributed by atoms with Crippen molar-refractivity contribution in [3.8, 4) is 0 Å². The average Bonchev–Trinajstić information content (AvgIpc) is 2.21. The van der Waals surface area contributed by atoms with E-state index < -0.39 is 10.1 Å². The van der Waals surface area contributed by atoms with Crippen molar-refractivity contribution in [3.05, 3.63) is 56.1 Å². The van der Waals surface area contributed by atoms with E-state index in [4.69, 9.17) is 0 Å². The maximum absolute atomic E-state index is 10.5. The molecule has 0 aromatic carbocycles. The Morgan fingerprint density at radius 3 is 2.07 bits per heavy atom. The molecule has 0 aliphatic rings. The highest BCUT2D eigenvalue weighted by molar-refractivity contribution is 7.86. The van der Waals surface area contributed by atoms with E-state index in [1.807, 2.05) is 18.2 Å². The number of hydrogen-bond acceptors (Lipinski definition) is 4. The SMILES string of the molecule is C=CCS(=O)(=O)OC=C.c1ccncc1. The number of pyridine rings is 1. The van der Waals surface area contributed by atoms with E-state index in [1.165, 1.54) is 6.08 Å². The second-order valence-electron chi connectivity index (χ2n) is 2.30. The van der Waals surface area contributed by atoms with Crippen LogP contribution in [-0.2, 0) is 14.3 Å². The van der Waals surface area contributed by atoms with Gasteiger partial charge in [-0.2, -0.15) is 8.42 Å². The summed E-state index contributed by atoms with van der Waals surface area (Å²) in [6.07, 6.45) is 5.62. The molecule has 0 atom stereocenters. The molecule has 0 fully saturated rings. The summed E-state index contributed by atoms with van der Waals surface area (Å²) < 4.78 is 25.1. The van der Waals surface area contributed by atoms with E-state index in [9.17, 15) is 8.42 Å². The molecule has 0 radical (unpaired) electrons. The van der Waals surface area contributed by atoms with Crippen molar-refractivity contribution in [3.63, 3.8) is 0 Å². The molecule has 0 bridgehead atoms. The van der Waals surface area contributed by atoms with Crippen LogP contribution < -0.4 is 0 Å². The van der Waals surface area contributed by atoms with Gasteiger partial charge in [0.05, 0.1) is 6.26 Å². The standard InChI is InChI=1S/C5H5N.C5H8O3S/c1-2-4-6-5-3-1;1-3-5-9(6,7)8-4-2/h1-5H;3-4H,1-2,5H2. The maximum Gasteiger partial charge on any atom is 0.312 e. The van der Waals surface area contributed by atoms with E-state index in [-0.39, 0.29) is 5.75 Å². The maximum atomic E-state index is 10.5. The Bertz CT molecular complexity index is 330. The topological polar surface area (TPSA) is 56.3 Å². The minimum Gasteiger partial charge on any atom is -0.391 e. The molecule has 1 aromatic heterocycles. The highest BCUT2D eigenvalue weighted by Crippen LogP contribution is 1.91. The molecule has 0 amide bonds. The molecule has 0 saturated carbocycles. The summed E-state index contributed by atoms with van der Waals surface area (Å²) in [5, 5.41) is 0. The first kappa shape index (κ1) is 13.4. The van der Waals surface area contributed by atoms with E-state index in [0.717, 1.165) is 6.26 Å². The smallest absolute Gasteiger partial charge is 0.312 e. The molecule has 5 heteroatoms. The van der Waals surface area contributed by atoms with Gasteiger partial charge < -0.3 is 4.18 Å². The molecule has 82 valence electrons. The van der Waals surface area contributed by atoms with Gasteiger partial charge in [0.1, 0.15) is 5.75 Å². The molecule has 0 N–H and O–H groups in total. The lowest BCUT2D eigenvalue weighted by molar-refractivity contribution is 0.448. The van der Waals surface area contributed by atoms with Crippen molar-refractivity contribution in [2.75, 3.05) is 5.75 Å². The van der Waals surface area contributed by atoms with Crippen LogP contribution in [0.25, 0.3) is 0 Å². The highest BCUT2D eigenvalue weighted by atomic mass is 32.2. The molecule has 0 spiro atoms. The van der Waals surface area contributed by atoms with Crippen LogP contribution in [0.15, 0.2) is 56.1 Å². The molecular weight excluding hydrogens is 214 g/mol. The molecule has 0 aliphatic heterocycles. The summed E-state index contributed by atoms with van der Waals surface area (Å²) >= 11 is 0. The third kappa shape index (κ3) is 8.70. The molecular formula is C10H13NO3S. The Hall–Kier alpha value is -1.62. The summed E-state index contributed by atoms with van der Waals surface area (Å²) in [6.45, 7) is 6.33. The fraction of sp³-hybridized carbons (Fsp3) is 0.100. The summed E-state index contributed by atoms with van der Waals surface area (Å²) in [4.78, 5) is 3.78. The van der Waals surface area contributed by atoms with E-state index in [1.54, 1.807) is 12.4 Å². The zero-order valence-electron chi connectivity index (χ0n) is 8.24. The van der Waals surface area contributed by atoms with Gasteiger partial charge in [0.2, 0.25) is 0 Å². The van der Waals surface area contributed by atoms with Crippen LogP contribution in [0.5, 0.6) is 0 Å². The Labute approximate surface area is 90.1 Å². The van der Waals surface area contributed by atoms with Gasteiger partial charge in [0.15, 0.2) is 0 Å². The first-order chi connectivity index (χ1) is 7.12. The van der Waals surface area contributed by atoms with Gasteiger partial charge in [-0.3, -0.25) is 4.98 Å². The van der Waals surface area contributed by atoms with Crippen molar-refractivity contribution < 1.29 is 12.6 Å². The Kier molecular flexibility index (Phi) is 6.92. The van der Waals surface area contributed by atoms with Gasteiger partial charge in [0, 0.05) is 12.4 Å². The lowest BCUT2D eigenvalue weighted by Gasteiger charge is -1.95. The number of hydrogen-bond donors (Lipinski definition) is 0. The predicted octanol–water partition coefficient (Wildman–Crippen LogP) is 1.74. The Balaban J connectivity index is 0.000000280. The predicted molar refractivity (Wildman–Crippen MR) is 59.5 cm³/mol. The summed E-state index contributed by atoms with van der Waals surface area (Å²) in [6, 6.07) is 5.72. The van der Waals surface area contributed by atoms with E-state index >= 15 is 0 Å². The second-order valence-corrected chi connectivity index (χ2v) is 3.94. The van der Waals surface area contributed by atoms with Crippen molar-refractivity contribution in [2.45, 2.75) is 0 Å². The van der Waals surface area contributed by atoms with Crippen molar-refractivity contribution in [2.24, 2.45) is 0 Å². The summed E-state index contributed by atoms with van der Waals surface area (Å²) in [5.41, 5.74) is 0. The summed E-state index contributed by atoms with van der Waals surface area (Å²) in [7, 11) is -3.42. The van der Waals surface area contributed by atoms with Gasteiger partial charge in [-0.15, -0.1) is 6.58 Å². The quantitative estimate of drug-likeness (QED) is 0.446. The van der Waals surface area contributed by atoms with Crippen molar-refractivity contribution >= 4 is 10.1 Å². The minimum atomic E-state index is -3.42. The summed E-state index contributed by atoms with van der Waals surface area (Å²) in [5.74, 6) is -0.182. The van der Waals surface area contributed by atoms with E-state index in [2.05, 4.69) is 22.3 Å². The fourth-order valence-corrected chi connectivity index (χ4v) is 1.17. The van der Waals surface area contributed by atoms with Crippen molar-refractivity contribution in [1.82, 2.24) is 4.98 Å². The Morgan fingerprint density at radius 2 is 1.80 bits per heavy atom. The fourth-order valence-electron chi connectivity index (χ4n) is 0.600. The molecule has 1 aromatic rings. The molecule has 1 rings (SSSR count). The molecule has 0 saturated heterocycles. The third-order valence-electron chi connectivity index (χ3n) is 1.10. The van der Waals surface area contributed by atoms with Crippen molar-refractivity contribution in [1.29, 1.82) is 0 Å². The highest BCUT2D eigenvalue weighted by Gasteiger charge is 2.03. The normalized spacial score (nSPS) is 9.33. The van der Waals surface area contributed by atoms with Crippen LogP contribution >= 0.6 is 0 Å². The second kappa shape index (κ2) is 7.75. The van der Waals surface area contributed by atoms with Crippen LogP contribution in [-0.4, -0.2) is 19.2 Å². The lowest BCUT2D eigenvalue weighted by Crippen LogP contribution is -2.03. The molecule has 15 heavy (non-hydrogen) atoms. The molecule has 4 nitrogen and oxygen atoms in total. The number of rotatable bonds is 4. The Morgan fingerprint density at radius 1 is 1.20 bits per heavy atom. The van der Waals surface area contributed by atoms with Crippen LogP contribution in [0.3, 0.4) is 0 Å². The van der Waals surface area contributed by atoms with Gasteiger partial charge >= 0.3 is 10.1 Å². The lowest BCUT2D eigenvalue weighted by atomic mass is 10.5. The number of nitrogens with zero attached hydrogens (tertiary/aromatic N) is 1.